The van der Waals surface area contributed by atoms with E-state index in [2.05, 4.69) is 0 Å². The van der Waals surface area contributed by atoms with Crippen molar-refractivity contribution in [2.75, 3.05) is 19.6 Å². The smallest absolute Gasteiger partial charge is 0.329 e. The van der Waals surface area contributed by atoms with Crippen molar-refractivity contribution >= 4 is 33.0 Å². The lowest BCUT2D eigenvalue weighted by atomic mass is 9.97. The zero-order valence-corrected chi connectivity index (χ0v) is 18.3. The zero-order chi connectivity index (χ0) is 23.5. The van der Waals surface area contributed by atoms with Gasteiger partial charge in [-0.3, -0.25) is 14.9 Å². The van der Waals surface area contributed by atoms with Crippen LogP contribution in [-0.4, -0.2) is 54.3 Å². The first-order valence-corrected chi connectivity index (χ1v) is 11.9. The van der Waals surface area contributed by atoms with Crippen LogP contribution in [0.25, 0.3) is 0 Å². The van der Waals surface area contributed by atoms with Gasteiger partial charge in [-0.25, -0.2) is 8.42 Å². The fourth-order valence-corrected chi connectivity index (χ4v) is 6.28. The molecule has 174 valence electrons. The molecular weight excluding hydrogens is 471 g/mol. The Kier molecular flexibility index (Phi) is 7.20. The van der Waals surface area contributed by atoms with E-state index < -0.39 is 51.7 Å². The largest absolute Gasteiger partial charge is 0.406 e. The third-order valence-corrected chi connectivity index (χ3v) is 8.29. The van der Waals surface area contributed by atoms with Gasteiger partial charge in [0.1, 0.15) is 10.8 Å². The number of carbonyl (C=O) groups excluding carboxylic acids is 1. The van der Waals surface area contributed by atoms with Crippen LogP contribution in [0.4, 0.5) is 18.9 Å². The number of carbonyl (C=O) groups is 1. The molecular formula is C19H20F3N3O5S2. The van der Waals surface area contributed by atoms with Gasteiger partial charge in [0, 0.05) is 24.7 Å². The Morgan fingerprint density at radius 2 is 1.97 bits per heavy atom. The Morgan fingerprint density at radius 3 is 2.59 bits per heavy atom. The number of para-hydroxylation sites is 1. The molecule has 1 aliphatic rings. The van der Waals surface area contributed by atoms with Gasteiger partial charge in [-0.05, 0) is 24.3 Å². The molecule has 1 aliphatic heterocycles. The highest BCUT2D eigenvalue weighted by Crippen LogP contribution is 2.29. The molecule has 8 nitrogen and oxygen atoms in total. The molecule has 1 unspecified atom stereocenters. The van der Waals surface area contributed by atoms with E-state index in [1.165, 1.54) is 24.3 Å². The Hall–Kier alpha value is -2.51. The number of hydrogen-bond donors (Lipinski definition) is 0. The topological polar surface area (TPSA) is 101 Å². The van der Waals surface area contributed by atoms with Crippen molar-refractivity contribution in [1.82, 2.24) is 9.21 Å². The number of piperidine rings is 1. The van der Waals surface area contributed by atoms with E-state index in [1.54, 1.807) is 11.4 Å². The monoisotopic (exact) mass is 491 g/mol. The molecule has 0 spiro atoms. The molecule has 1 atom stereocenters. The average Bonchev–Trinajstić information content (AvgIpc) is 3.28. The summed E-state index contributed by atoms with van der Waals surface area (Å²) in [6.45, 7) is -2.28. The molecule has 0 N–H and O–H groups in total. The molecule has 0 radical (unpaired) electrons. The summed E-state index contributed by atoms with van der Waals surface area (Å²) in [4.78, 5) is 24.1. The van der Waals surface area contributed by atoms with Crippen LogP contribution in [0.2, 0.25) is 0 Å². The van der Waals surface area contributed by atoms with Gasteiger partial charge in [0.05, 0.1) is 17.4 Å². The number of alkyl halides is 3. The molecule has 0 bridgehead atoms. The molecule has 1 fully saturated rings. The van der Waals surface area contributed by atoms with E-state index in [1.807, 2.05) is 0 Å². The third-order valence-electron chi connectivity index (χ3n) is 5.05. The third kappa shape index (κ3) is 5.64. The first-order valence-electron chi connectivity index (χ1n) is 9.60. The minimum atomic E-state index is -4.73. The number of rotatable bonds is 7. The second kappa shape index (κ2) is 9.55. The van der Waals surface area contributed by atoms with Crippen LogP contribution in [0, 0.1) is 16.0 Å². The zero-order valence-electron chi connectivity index (χ0n) is 16.7. The lowest BCUT2D eigenvalue weighted by Crippen LogP contribution is -2.48. The van der Waals surface area contributed by atoms with Crippen LogP contribution in [0.1, 0.15) is 18.4 Å². The predicted octanol–water partition coefficient (Wildman–Crippen LogP) is 3.65. The first kappa shape index (κ1) is 24.1. The fraction of sp³-hybridized carbons (Fsp3) is 0.421. The molecule has 3 rings (SSSR count). The second-order valence-corrected chi connectivity index (χ2v) is 10.4. The number of nitrogens with zero attached hydrogens (tertiary/aromatic N) is 3. The number of nitro groups is 1. The molecule has 32 heavy (non-hydrogen) atoms. The molecule has 1 amide bonds. The van der Waals surface area contributed by atoms with Crippen molar-refractivity contribution in [3.8, 4) is 0 Å². The highest BCUT2D eigenvalue weighted by atomic mass is 32.2. The van der Waals surface area contributed by atoms with E-state index in [4.69, 9.17) is 0 Å². The average molecular weight is 492 g/mol. The van der Waals surface area contributed by atoms with Crippen molar-refractivity contribution in [3.05, 3.63) is 57.5 Å². The summed E-state index contributed by atoms with van der Waals surface area (Å²) in [5.74, 6) is -1.87. The van der Waals surface area contributed by atoms with Gasteiger partial charge in [0.2, 0.25) is 5.91 Å². The summed E-state index contributed by atoms with van der Waals surface area (Å²) in [5.41, 5.74) is -0.424. The summed E-state index contributed by atoms with van der Waals surface area (Å²) in [7, 11) is -3.85. The standard InChI is InChI=1S/C19H20F3N3O5S2/c20-19(21,22)13-23(11-14-5-1-2-7-16(14)25(27)28)18(26)15-6-3-9-24(12-15)32(29,30)17-8-4-10-31-17/h1-2,4-5,7-8,10,15H,3,6,9,11-13H2. The molecule has 2 aromatic rings. The lowest BCUT2D eigenvalue weighted by Gasteiger charge is -2.34. The maximum Gasteiger partial charge on any atom is 0.406 e. The van der Waals surface area contributed by atoms with Crippen molar-refractivity contribution in [1.29, 1.82) is 0 Å². The summed E-state index contributed by atoms with van der Waals surface area (Å²) < 4.78 is 66.4. The van der Waals surface area contributed by atoms with Gasteiger partial charge >= 0.3 is 6.18 Å². The van der Waals surface area contributed by atoms with Crippen molar-refractivity contribution in [2.45, 2.75) is 29.8 Å². The summed E-state index contributed by atoms with van der Waals surface area (Å²) in [6.07, 6.45) is -4.19. The Balaban J connectivity index is 1.84. The molecule has 13 heteroatoms. The number of thiophene rings is 1. The molecule has 0 aliphatic carbocycles. The van der Waals surface area contributed by atoms with Crippen LogP contribution in [0.15, 0.2) is 46.0 Å². The van der Waals surface area contributed by atoms with Gasteiger partial charge in [-0.15, -0.1) is 11.3 Å². The van der Waals surface area contributed by atoms with Crippen LogP contribution in [-0.2, 0) is 21.4 Å². The molecule has 0 saturated carbocycles. The van der Waals surface area contributed by atoms with Crippen molar-refractivity contribution in [3.63, 3.8) is 0 Å². The molecule has 1 saturated heterocycles. The first-order chi connectivity index (χ1) is 15.0. The lowest BCUT2D eigenvalue weighted by molar-refractivity contribution is -0.385. The van der Waals surface area contributed by atoms with Crippen molar-refractivity contribution < 1.29 is 31.3 Å². The van der Waals surface area contributed by atoms with Crippen LogP contribution >= 0.6 is 11.3 Å². The minimum absolute atomic E-state index is 0.0334. The summed E-state index contributed by atoms with van der Waals surface area (Å²) in [5, 5.41) is 12.8. The normalized spacial score (nSPS) is 17.8. The molecule has 1 aromatic heterocycles. The van der Waals surface area contributed by atoms with Gasteiger partial charge in [-0.2, -0.15) is 17.5 Å². The fourth-order valence-electron chi connectivity index (χ4n) is 3.61. The maximum absolute atomic E-state index is 13.2. The van der Waals surface area contributed by atoms with Crippen LogP contribution < -0.4 is 0 Å². The number of benzene rings is 1. The van der Waals surface area contributed by atoms with E-state index in [9.17, 15) is 36.5 Å². The number of nitro benzene ring substituents is 1. The van der Waals surface area contributed by atoms with E-state index >= 15 is 0 Å². The highest BCUT2D eigenvalue weighted by molar-refractivity contribution is 7.91. The predicted molar refractivity (Wildman–Crippen MR) is 110 cm³/mol. The highest BCUT2D eigenvalue weighted by Gasteiger charge is 2.39. The van der Waals surface area contributed by atoms with Gasteiger partial charge < -0.3 is 4.90 Å². The van der Waals surface area contributed by atoms with E-state index in [0.29, 0.717) is 11.3 Å². The number of hydrogen-bond acceptors (Lipinski definition) is 6. The Labute approximate surface area is 186 Å². The van der Waals surface area contributed by atoms with Crippen molar-refractivity contribution in [2.24, 2.45) is 5.92 Å². The molecule has 1 aromatic carbocycles. The quantitative estimate of drug-likeness (QED) is 0.435. The van der Waals surface area contributed by atoms with Gasteiger partial charge in [-0.1, -0.05) is 24.3 Å². The Bertz CT molecular complexity index is 1070. The SMILES string of the molecule is O=C(C1CCCN(S(=O)(=O)c2cccs2)C1)N(Cc1ccccc1[N+](=O)[O-])CC(F)(F)F. The second-order valence-electron chi connectivity index (χ2n) is 7.33. The van der Waals surface area contributed by atoms with Gasteiger partial charge in [0.15, 0.2) is 0 Å². The molecule has 2 heterocycles. The van der Waals surface area contributed by atoms with E-state index in [-0.39, 0.29) is 29.3 Å². The minimum Gasteiger partial charge on any atom is -0.329 e. The summed E-state index contributed by atoms with van der Waals surface area (Å²) >= 11 is 1.02. The van der Waals surface area contributed by atoms with E-state index in [0.717, 1.165) is 21.7 Å². The summed E-state index contributed by atoms with van der Waals surface area (Å²) in [6, 6.07) is 8.27. The maximum atomic E-state index is 13.2. The number of amides is 1. The number of sulfonamides is 1. The van der Waals surface area contributed by atoms with Crippen LogP contribution in [0.3, 0.4) is 0 Å². The van der Waals surface area contributed by atoms with Crippen LogP contribution in [0.5, 0.6) is 0 Å². The Morgan fingerprint density at radius 1 is 1.25 bits per heavy atom. The van der Waals surface area contributed by atoms with Gasteiger partial charge in [0.25, 0.3) is 15.7 Å². The number of halogens is 3.